The Hall–Kier alpha value is -1.44. The molecule has 24 heavy (non-hydrogen) atoms. The summed E-state index contributed by atoms with van der Waals surface area (Å²) in [6, 6.07) is 6.28. The van der Waals surface area contributed by atoms with Gasteiger partial charge >= 0.3 is 0 Å². The molecule has 4 N–H and O–H groups in total. The molecule has 2 unspecified atom stereocenters. The number of carbonyl (C=O) groups is 1. The van der Waals surface area contributed by atoms with Crippen molar-refractivity contribution < 1.29 is 13.2 Å². The van der Waals surface area contributed by atoms with Crippen molar-refractivity contribution in [1.82, 2.24) is 10.0 Å². The van der Waals surface area contributed by atoms with E-state index in [1.54, 1.807) is 12.1 Å². The molecule has 0 bridgehead atoms. The van der Waals surface area contributed by atoms with Crippen LogP contribution in [0.2, 0.25) is 0 Å². The molecule has 2 fully saturated rings. The van der Waals surface area contributed by atoms with Crippen LogP contribution in [0, 0.1) is 5.92 Å². The van der Waals surface area contributed by atoms with Crippen molar-refractivity contribution >= 4 is 15.9 Å². The monoisotopic (exact) mass is 351 g/mol. The summed E-state index contributed by atoms with van der Waals surface area (Å²) in [7, 11) is -3.48. The van der Waals surface area contributed by atoms with E-state index in [1.807, 2.05) is 0 Å². The van der Waals surface area contributed by atoms with Crippen LogP contribution in [0.4, 0.5) is 0 Å². The van der Waals surface area contributed by atoms with Crippen LogP contribution < -0.4 is 15.8 Å². The summed E-state index contributed by atoms with van der Waals surface area (Å²) in [4.78, 5) is 12.6. The van der Waals surface area contributed by atoms with E-state index in [-0.39, 0.29) is 22.9 Å². The van der Waals surface area contributed by atoms with Gasteiger partial charge in [-0.25, -0.2) is 13.1 Å². The summed E-state index contributed by atoms with van der Waals surface area (Å²) < 4.78 is 26.9. The van der Waals surface area contributed by atoms with Gasteiger partial charge in [-0.15, -0.1) is 0 Å². The normalized spacial score (nSPS) is 24.5. The fraction of sp³-hybridized carbons (Fsp3) is 0.588. The predicted molar refractivity (Wildman–Crippen MR) is 92.1 cm³/mol. The zero-order valence-corrected chi connectivity index (χ0v) is 14.5. The first-order valence-electron chi connectivity index (χ1n) is 8.63. The minimum atomic E-state index is -3.48. The van der Waals surface area contributed by atoms with Crippen molar-refractivity contribution in [2.45, 2.75) is 55.5 Å². The van der Waals surface area contributed by atoms with Crippen molar-refractivity contribution in [2.24, 2.45) is 11.7 Å². The van der Waals surface area contributed by atoms with Crippen LogP contribution in [-0.4, -0.2) is 33.0 Å². The molecule has 0 radical (unpaired) electrons. The summed E-state index contributed by atoms with van der Waals surface area (Å²) in [6.07, 6.45) is 6.05. The Morgan fingerprint density at radius 1 is 1.08 bits per heavy atom. The lowest BCUT2D eigenvalue weighted by Crippen LogP contribution is -2.44. The van der Waals surface area contributed by atoms with Crippen LogP contribution in [0.3, 0.4) is 0 Å². The van der Waals surface area contributed by atoms with Gasteiger partial charge in [-0.1, -0.05) is 12.8 Å². The van der Waals surface area contributed by atoms with Crippen LogP contribution in [-0.2, 0) is 10.0 Å². The van der Waals surface area contributed by atoms with Gasteiger partial charge < -0.3 is 11.1 Å². The van der Waals surface area contributed by atoms with Crippen LogP contribution >= 0.6 is 0 Å². The van der Waals surface area contributed by atoms with Gasteiger partial charge in [0.1, 0.15) is 0 Å². The van der Waals surface area contributed by atoms with Gasteiger partial charge in [0.05, 0.1) is 4.90 Å². The highest BCUT2D eigenvalue weighted by atomic mass is 32.2. The Morgan fingerprint density at radius 3 is 2.38 bits per heavy atom. The van der Waals surface area contributed by atoms with E-state index in [1.165, 1.54) is 12.1 Å². The third-order valence-electron chi connectivity index (χ3n) is 4.85. The Morgan fingerprint density at radius 2 is 1.75 bits per heavy atom. The average Bonchev–Trinajstić information content (AvgIpc) is 3.38. The molecule has 3 rings (SSSR count). The standard InChI is InChI=1S/C17H25N3O3S/c18-11-13-3-1-2-4-16(13)19-17(21)12-5-9-15(10-6-12)24(22,23)20-14-7-8-14/h5-6,9-10,13-14,16,20H,1-4,7-8,11,18H2,(H,19,21). The second-order valence-electron chi connectivity index (χ2n) is 6.78. The van der Waals surface area contributed by atoms with Crippen LogP contribution in [0.25, 0.3) is 0 Å². The molecule has 0 aromatic heterocycles. The molecule has 0 saturated heterocycles. The van der Waals surface area contributed by atoms with Gasteiger partial charge in [-0.3, -0.25) is 4.79 Å². The first-order chi connectivity index (χ1) is 11.5. The highest BCUT2D eigenvalue weighted by Gasteiger charge is 2.28. The van der Waals surface area contributed by atoms with Crippen LogP contribution in [0.5, 0.6) is 0 Å². The molecule has 2 aliphatic carbocycles. The van der Waals surface area contributed by atoms with E-state index in [2.05, 4.69) is 10.0 Å². The number of nitrogens with two attached hydrogens (primary N) is 1. The predicted octanol–water partition coefficient (Wildman–Crippen LogP) is 1.37. The zero-order chi connectivity index (χ0) is 17.2. The molecule has 132 valence electrons. The minimum Gasteiger partial charge on any atom is -0.349 e. The zero-order valence-electron chi connectivity index (χ0n) is 13.7. The maximum atomic E-state index is 12.4. The second-order valence-corrected chi connectivity index (χ2v) is 8.49. The number of rotatable bonds is 6. The third kappa shape index (κ3) is 4.15. The molecular formula is C17H25N3O3S. The lowest BCUT2D eigenvalue weighted by molar-refractivity contribution is 0.0908. The first-order valence-corrected chi connectivity index (χ1v) is 10.1. The van der Waals surface area contributed by atoms with Crippen molar-refractivity contribution in [1.29, 1.82) is 0 Å². The van der Waals surface area contributed by atoms with E-state index in [9.17, 15) is 13.2 Å². The van der Waals surface area contributed by atoms with E-state index in [4.69, 9.17) is 5.73 Å². The van der Waals surface area contributed by atoms with Gasteiger partial charge in [-0.2, -0.15) is 0 Å². The molecule has 2 saturated carbocycles. The summed E-state index contributed by atoms with van der Waals surface area (Å²) in [5.74, 6) is 0.157. The molecule has 0 heterocycles. The number of amides is 1. The number of benzene rings is 1. The van der Waals surface area contributed by atoms with Gasteiger partial charge in [0.25, 0.3) is 5.91 Å². The van der Waals surface area contributed by atoms with Crippen LogP contribution in [0.15, 0.2) is 29.2 Å². The van der Waals surface area contributed by atoms with Crippen molar-refractivity contribution in [3.05, 3.63) is 29.8 Å². The highest BCUT2D eigenvalue weighted by Crippen LogP contribution is 2.24. The molecule has 6 nitrogen and oxygen atoms in total. The first kappa shape index (κ1) is 17.4. The largest absolute Gasteiger partial charge is 0.349 e. The second kappa shape index (κ2) is 7.21. The SMILES string of the molecule is NCC1CCCCC1NC(=O)c1ccc(S(=O)(=O)NC2CC2)cc1. The molecule has 2 aliphatic rings. The fourth-order valence-electron chi connectivity index (χ4n) is 3.21. The molecule has 1 aromatic carbocycles. The molecule has 2 atom stereocenters. The van der Waals surface area contributed by atoms with Crippen molar-refractivity contribution in [3.63, 3.8) is 0 Å². The number of nitrogens with one attached hydrogen (secondary N) is 2. The summed E-state index contributed by atoms with van der Waals surface area (Å²) in [5, 5.41) is 3.05. The summed E-state index contributed by atoms with van der Waals surface area (Å²) in [5.41, 5.74) is 6.27. The van der Waals surface area contributed by atoms with Gasteiger partial charge in [0, 0.05) is 17.6 Å². The number of hydrogen-bond donors (Lipinski definition) is 3. The maximum absolute atomic E-state index is 12.4. The topological polar surface area (TPSA) is 101 Å². The van der Waals surface area contributed by atoms with Gasteiger partial charge in [-0.05, 0) is 62.4 Å². The molecule has 1 aromatic rings. The average molecular weight is 351 g/mol. The molecule has 1 amide bonds. The quantitative estimate of drug-likeness (QED) is 0.720. The van der Waals surface area contributed by atoms with E-state index < -0.39 is 10.0 Å². The molecule has 0 spiro atoms. The van der Waals surface area contributed by atoms with Gasteiger partial charge in [0.15, 0.2) is 0 Å². The smallest absolute Gasteiger partial charge is 0.251 e. The highest BCUT2D eigenvalue weighted by molar-refractivity contribution is 7.89. The Bertz CT molecular complexity index is 684. The molecule has 0 aliphatic heterocycles. The lowest BCUT2D eigenvalue weighted by Gasteiger charge is -2.31. The van der Waals surface area contributed by atoms with E-state index in [0.29, 0.717) is 18.0 Å². The number of carbonyl (C=O) groups excluding carboxylic acids is 1. The third-order valence-corrected chi connectivity index (χ3v) is 6.39. The van der Waals surface area contributed by atoms with Crippen LogP contribution in [0.1, 0.15) is 48.9 Å². The van der Waals surface area contributed by atoms with Crippen molar-refractivity contribution in [2.75, 3.05) is 6.54 Å². The fourth-order valence-corrected chi connectivity index (χ4v) is 4.51. The van der Waals surface area contributed by atoms with Crippen molar-refractivity contribution in [3.8, 4) is 0 Å². The molecule has 7 heteroatoms. The molecular weight excluding hydrogens is 326 g/mol. The summed E-state index contributed by atoms with van der Waals surface area (Å²) >= 11 is 0. The minimum absolute atomic E-state index is 0.0671. The Balaban J connectivity index is 1.65. The number of hydrogen-bond acceptors (Lipinski definition) is 4. The van der Waals surface area contributed by atoms with E-state index in [0.717, 1.165) is 38.5 Å². The number of sulfonamides is 1. The maximum Gasteiger partial charge on any atom is 0.251 e. The Labute approximate surface area is 143 Å². The van der Waals surface area contributed by atoms with Gasteiger partial charge in [0.2, 0.25) is 10.0 Å². The van der Waals surface area contributed by atoms with E-state index >= 15 is 0 Å². The summed E-state index contributed by atoms with van der Waals surface area (Å²) in [6.45, 7) is 0.578. The lowest BCUT2D eigenvalue weighted by atomic mass is 9.84. The Kier molecular flexibility index (Phi) is 5.22.